The van der Waals surface area contributed by atoms with Gasteiger partial charge in [0.1, 0.15) is 0 Å². The smallest absolute Gasteiger partial charge is 0.224 e. The Balaban J connectivity index is 1.46. The van der Waals surface area contributed by atoms with Crippen molar-refractivity contribution in [2.45, 2.75) is 38.5 Å². The van der Waals surface area contributed by atoms with Crippen LogP contribution in [0.2, 0.25) is 0 Å². The molecule has 3 rings (SSSR count). The summed E-state index contributed by atoms with van der Waals surface area (Å²) < 4.78 is 5.31. The second-order valence-corrected chi connectivity index (χ2v) is 6.84. The zero-order valence-electron chi connectivity index (χ0n) is 13.1. The van der Waals surface area contributed by atoms with Crippen LogP contribution in [0.1, 0.15) is 38.5 Å². The number of hydrogen-bond donors (Lipinski definition) is 0. The van der Waals surface area contributed by atoms with E-state index in [0.717, 1.165) is 19.6 Å². The highest BCUT2D eigenvalue weighted by Crippen LogP contribution is 2.40. The predicted molar refractivity (Wildman–Crippen MR) is 83.1 cm³/mol. The van der Waals surface area contributed by atoms with Crippen molar-refractivity contribution in [3.63, 3.8) is 0 Å². The van der Waals surface area contributed by atoms with Crippen molar-refractivity contribution >= 4 is 5.91 Å². The van der Waals surface area contributed by atoms with Crippen molar-refractivity contribution in [1.29, 1.82) is 0 Å². The molecule has 4 heteroatoms. The van der Waals surface area contributed by atoms with Gasteiger partial charge in [0, 0.05) is 32.6 Å². The van der Waals surface area contributed by atoms with Crippen LogP contribution in [0.15, 0.2) is 12.2 Å². The van der Waals surface area contributed by atoms with Crippen LogP contribution in [0, 0.1) is 5.41 Å². The molecule has 4 nitrogen and oxygen atoms in total. The van der Waals surface area contributed by atoms with Crippen molar-refractivity contribution in [3.8, 4) is 0 Å². The maximum Gasteiger partial charge on any atom is 0.224 e. The number of carbonyl (C=O) groups is 1. The van der Waals surface area contributed by atoms with Gasteiger partial charge in [-0.25, -0.2) is 0 Å². The Hall–Kier alpha value is -0.870. The first-order chi connectivity index (χ1) is 10.3. The average molecular weight is 292 g/mol. The van der Waals surface area contributed by atoms with Gasteiger partial charge in [-0.05, 0) is 44.1 Å². The van der Waals surface area contributed by atoms with Crippen molar-refractivity contribution < 1.29 is 9.53 Å². The molecule has 118 valence electrons. The molecule has 21 heavy (non-hydrogen) atoms. The van der Waals surface area contributed by atoms with Crippen molar-refractivity contribution in [2.75, 3.05) is 45.9 Å². The minimum absolute atomic E-state index is 0.307. The maximum absolute atomic E-state index is 12.2. The van der Waals surface area contributed by atoms with Crippen LogP contribution < -0.4 is 0 Å². The van der Waals surface area contributed by atoms with Crippen LogP contribution in [-0.4, -0.2) is 61.6 Å². The molecule has 2 heterocycles. The van der Waals surface area contributed by atoms with E-state index in [-0.39, 0.29) is 0 Å². The van der Waals surface area contributed by atoms with Gasteiger partial charge < -0.3 is 14.5 Å². The molecule has 0 saturated carbocycles. The van der Waals surface area contributed by atoms with Crippen molar-refractivity contribution in [2.24, 2.45) is 5.41 Å². The number of allylic oxidation sites excluding steroid dienone is 2. The molecule has 0 aromatic rings. The third-order valence-corrected chi connectivity index (χ3v) is 5.31. The molecule has 0 aromatic carbocycles. The molecule has 2 aliphatic heterocycles. The second-order valence-electron chi connectivity index (χ2n) is 6.84. The fraction of sp³-hybridized carbons (Fsp3) is 0.824. The van der Waals surface area contributed by atoms with Gasteiger partial charge in [-0.15, -0.1) is 0 Å². The Labute approximate surface area is 128 Å². The zero-order valence-corrected chi connectivity index (χ0v) is 13.1. The van der Waals surface area contributed by atoms with E-state index < -0.39 is 0 Å². The molecule has 3 aliphatic rings. The zero-order chi connectivity index (χ0) is 14.5. The summed E-state index contributed by atoms with van der Waals surface area (Å²) in [5.74, 6) is 0.307. The highest BCUT2D eigenvalue weighted by atomic mass is 16.5. The molecule has 2 saturated heterocycles. The standard InChI is InChI=1S/C17H28N2O2/c20-16(19-11-13-21-14-12-19)5-10-18-9-4-8-17(15-18)6-2-1-3-7-17/h1-2H,3-15H2. The lowest BCUT2D eigenvalue weighted by Gasteiger charge is -2.44. The normalized spacial score (nSPS) is 30.8. The highest BCUT2D eigenvalue weighted by molar-refractivity contribution is 5.76. The fourth-order valence-electron chi connectivity index (χ4n) is 4.04. The van der Waals surface area contributed by atoms with Crippen LogP contribution in [0.5, 0.6) is 0 Å². The van der Waals surface area contributed by atoms with E-state index in [1.807, 2.05) is 4.90 Å². The van der Waals surface area contributed by atoms with Gasteiger partial charge in [0.05, 0.1) is 13.2 Å². The van der Waals surface area contributed by atoms with Crippen LogP contribution in [0.25, 0.3) is 0 Å². The number of ether oxygens (including phenoxy) is 1. The molecular weight excluding hydrogens is 264 g/mol. The Kier molecular flexibility index (Phi) is 4.96. The molecule has 1 spiro atoms. The van der Waals surface area contributed by atoms with Crippen LogP contribution in [0.3, 0.4) is 0 Å². The molecule has 1 aliphatic carbocycles. The number of morpholine rings is 1. The number of carbonyl (C=O) groups excluding carboxylic acids is 1. The van der Waals surface area contributed by atoms with Gasteiger partial charge in [0.25, 0.3) is 0 Å². The Morgan fingerprint density at radius 3 is 2.76 bits per heavy atom. The van der Waals surface area contributed by atoms with E-state index in [2.05, 4.69) is 17.1 Å². The van der Waals surface area contributed by atoms with Gasteiger partial charge in [-0.2, -0.15) is 0 Å². The lowest BCUT2D eigenvalue weighted by molar-refractivity contribution is -0.135. The first-order valence-electron chi connectivity index (χ1n) is 8.50. The summed E-state index contributed by atoms with van der Waals surface area (Å²) in [4.78, 5) is 16.7. The highest BCUT2D eigenvalue weighted by Gasteiger charge is 2.35. The summed E-state index contributed by atoms with van der Waals surface area (Å²) in [6, 6.07) is 0. The minimum atomic E-state index is 0.307. The number of rotatable bonds is 3. The lowest BCUT2D eigenvalue weighted by atomic mass is 9.71. The van der Waals surface area contributed by atoms with E-state index in [9.17, 15) is 4.79 Å². The van der Waals surface area contributed by atoms with Gasteiger partial charge in [-0.1, -0.05) is 12.2 Å². The van der Waals surface area contributed by atoms with Crippen LogP contribution in [0.4, 0.5) is 0 Å². The topological polar surface area (TPSA) is 32.8 Å². The molecule has 0 aromatic heterocycles. The summed E-state index contributed by atoms with van der Waals surface area (Å²) in [6.45, 7) is 6.23. The predicted octanol–water partition coefficient (Wildman–Crippen LogP) is 2.06. The molecule has 0 N–H and O–H groups in total. The Morgan fingerprint density at radius 2 is 2.00 bits per heavy atom. The summed E-state index contributed by atoms with van der Waals surface area (Å²) in [7, 11) is 0. The van der Waals surface area contributed by atoms with Crippen molar-refractivity contribution in [1.82, 2.24) is 9.80 Å². The van der Waals surface area contributed by atoms with Gasteiger partial charge in [-0.3, -0.25) is 4.79 Å². The van der Waals surface area contributed by atoms with Gasteiger partial charge in [0.15, 0.2) is 0 Å². The third-order valence-electron chi connectivity index (χ3n) is 5.31. The Bertz CT molecular complexity index is 390. The average Bonchev–Trinajstić information content (AvgIpc) is 2.54. The van der Waals surface area contributed by atoms with E-state index in [0.29, 0.717) is 31.0 Å². The summed E-state index contributed by atoms with van der Waals surface area (Å²) in [5, 5.41) is 0. The van der Waals surface area contributed by atoms with Gasteiger partial charge >= 0.3 is 0 Å². The maximum atomic E-state index is 12.2. The molecule has 1 atom stereocenters. The van der Waals surface area contributed by atoms with Gasteiger partial charge in [0.2, 0.25) is 5.91 Å². The summed E-state index contributed by atoms with van der Waals surface area (Å²) in [5.41, 5.74) is 0.509. The summed E-state index contributed by atoms with van der Waals surface area (Å²) in [6.07, 6.45) is 11.8. The van der Waals surface area contributed by atoms with Crippen LogP contribution in [-0.2, 0) is 9.53 Å². The molecule has 1 amide bonds. The van der Waals surface area contributed by atoms with E-state index >= 15 is 0 Å². The largest absolute Gasteiger partial charge is 0.378 e. The molecule has 1 unspecified atom stereocenters. The second kappa shape index (κ2) is 6.93. The number of piperidine rings is 1. The number of likely N-dealkylation sites (tertiary alicyclic amines) is 1. The first kappa shape index (κ1) is 15.0. The first-order valence-corrected chi connectivity index (χ1v) is 8.50. The summed E-state index contributed by atoms with van der Waals surface area (Å²) >= 11 is 0. The number of nitrogens with zero attached hydrogens (tertiary/aromatic N) is 2. The fourth-order valence-corrected chi connectivity index (χ4v) is 4.04. The van der Waals surface area contributed by atoms with E-state index in [4.69, 9.17) is 4.74 Å². The monoisotopic (exact) mass is 292 g/mol. The molecule has 0 radical (unpaired) electrons. The molecule has 0 bridgehead atoms. The number of hydrogen-bond acceptors (Lipinski definition) is 3. The number of amides is 1. The lowest BCUT2D eigenvalue weighted by Crippen LogP contribution is -2.46. The molecular formula is C17H28N2O2. The van der Waals surface area contributed by atoms with E-state index in [1.165, 1.54) is 45.2 Å². The molecule has 2 fully saturated rings. The minimum Gasteiger partial charge on any atom is -0.378 e. The van der Waals surface area contributed by atoms with Crippen molar-refractivity contribution in [3.05, 3.63) is 12.2 Å². The van der Waals surface area contributed by atoms with E-state index in [1.54, 1.807) is 0 Å². The Morgan fingerprint density at radius 1 is 1.14 bits per heavy atom. The van der Waals surface area contributed by atoms with Crippen LogP contribution >= 0.6 is 0 Å². The third kappa shape index (κ3) is 3.86. The quantitative estimate of drug-likeness (QED) is 0.747. The SMILES string of the molecule is O=C(CCN1CCCC2(CC=CCC2)C1)N1CCOCC1.